The second-order valence-electron chi connectivity index (χ2n) is 10.8. The summed E-state index contributed by atoms with van der Waals surface area (Å²) in [7, 11) is 8.43. The van der Waals surface area contributed by atoms with Crippen molar-refractivity contribution in [1.29, 1.82) is 0 Å². The quantitative estimate of drug-likeness (QED) is 0.287. The molecule has 3 aromatic heterocycles. The summed E-state index contributed by atoms with van der Waals surface area (Å²) < 4.78 is 15.6. The Labute approximate surface area is 249 Å². The fourth-order valence-electron chi connectivity index (χ4n) is 6.36. The summed E-state index contributed by atoms with van der Waals surface area (Å²) in [5.41, 5.74) is 7.15. The van der Waals surface area contributed by atoms with Crippen molar-refractivity contribution in [2.75, 3.05) is 21.3 Å². The fourth-order valence-corrected chi connectivity index (χ4v) is 6.60. The van der Waals surface area contributed by atoms with E-state index in [0.29, 0.717) is 29.2 Å². The van der Waals surface area contributed by atoms with Crippen LogP contribution >= 0.6 is 11.6 Å². The summed E-state index contributed by atoms with van der Waals surface area (Å²) in [6.45, 7) is 3.30. The SMILES string of the molecule is COC(=O)CCc1c(C(=O)OC)n(C)c2c(-c3c(C)nn4c3[C@H](N(C)Cc3cc(CO)n(C)n3)CCC4)c(Cl)ccc12. The van der Waals surface area contributed by atoms with Gasteiger partial charge in [0.2, 0.25) is 0 Å². The number of esters is 2. The number of aliphatic hydroxyl groups is 1. The molecule has 1 aliphatic rings. The van der Waals surface area contributed by atoms with Gasteiger partial charge in [-0.05, 0) is 50.9 Å². The standard InChI is InChI=1S/C30H37ClN6O5/c1-17-25(29-23(8-7-13-37(29)32-17)34(2)15-18-14-19(16-38)36(4)33-18)26-22(31)11-9-20-21(10-12-24(39)41-5)28(30(40)42-6)35(3)27(20)26/h9,11,14,23,38H,7-8,10,12-13,15-16H2,1-6H3/t23-/m1/s1. The summed E-state index contributed by atoms with van der Waals surface area (Å²) in [6, 6.07) is 5.70. The minimum absolute atomic E-state index is 0.0278. The van der Waals surface area contributed by atoms with Gasteiger partial charge in [-0.2, -0.15) is 10.2 Å². The number of carbonyl (C=O) groups excluding carboxylic acids is 2. The molecule has 42 heavy (non-hydrogen) atoms. The van der Waals surface area contributed by atoms with Crippen molar-refractivity contribution in [2.45, 2.75) is 58.3 Å². The van der Waals surface area contributed by atoms with E-state index in [1.54, 1.807) is 4.68 Å². The smallest absolute Gasteiger partial charge is 0.354 e. The van der Waals surface area contributed by atoms with E-state index in [2.05, 4.69) is 21.7 Å². The lowest BCUT2D eigenvalue weighted by molar-refractivity contribution is -0.140. The number of carbonyl (C=O) groups is 2. The van der Waals surface area contributed by atoms with E-state index in [-0.39, 0.29) is 25.0 Å². The third-order valence-electron chi connectivity index (χ3n) is 8.31. The minimum atomic E-state index is -0.486. The Morgan fingerprint density at radius 3 is 2.60 bits per heavy atom. The number of methoxy groups -OCH3 is 2. The zero-order chi connectivity index (χ0) is 30.3. The Morgan fingerprint density at radius 1 is 1.17 bits per heavy atom. The molecular weight excluding hydrogens is 560 g/mol. The summed E-state index contributed by atoms with van der Waals surface area (Å²) in [5.74, 6) is -0.844. The van der Waals surface area contributed by atoms with E-state index >= 15 is 0 Å². The molecule has 12 heteroatoms. The second kappa shape index (κ2) is 11.9. The Bertz CT molecular complexity index is 1670. The number of aryl methyl sites for hydroxylation is 5. The molecule has 0 saturated carbocycles. The average molecular weight is 597 g/mol. The van der Waals surface area contributed by atoms with Gasteiger partial charge in [0.15, 0.2) is 0 Å². The van der Waals surface area contributed by atoms with Crippen LogP contribution in [0.2, 0.25) is 5.02 Å². The molecule has 11 nitrogen and oxygen atoms in total. The van der Waals surface area contributed by atoms with Crippen molar-refractivity contribution >= 4 is 34.4 Å². The third kappa shape index (κ3) is 5.10. The highest BCUT2D eigenvalue weighted by atomic mass is 35.5. The lowest BCUT2D eigenvalue weighted by Gasteiger charge is -2.32. The summed E-state index contributed by atoms with van der Waals surface area (Å²) >= 11 is 7.01. The maximum Gasteiger partial charge on any atom is 0.354 e. The van der Waals surface area contributed by atoms with Crippen LogP contribution in [0.1, 0.15) is 64.1 Å². The number of aliphatic hydroxyl groups excluding tert-OH is 1. The van der Waals surface area contributed by atoms with Crippen LogP contribution in [0.15, 0.2) is 18.2 Å². The molecule has 4 heterocycles. The van der Waals surface area contributed by atoms with Crippen molar-refractivity contribution in [3.63, 3.8) is 0 Å². The molecule has 5 rings (SSSR count). The molecular formula is C30H37ClN6O5. The van der Waals surface area contributed by atoms with Gasteiger partial charge in [-0.1, -0.05) is 17.7 Å². The summed E-state index contributed by atoms with van der Waals surface area (Å²) in [6.07, 6.45) is 2.33. The molecule has 1 atom stereocenters. The van der Waals surface area contributed by atoms with Crippen LogP contribution in [0.25, 0.3) is 22.0 Å². The van der Waals surface area contributed by atoms with E-state index in [9.17, 15) is 14.7 Å². The first kappa shape index (κ1) is 29.8. The average Bonchev–Trinajstić information content (AvgIpc) is 3.60. The first-order chi connectivity index (χ1) is 20.1. The van der Waals surface area contributed by atoms with Crippen LogP contribution in [0.4, 0.5) is 0 Å². The van der Waals surface area contributed by atoms with E-state index in [4.69, 9.17) is 26.2 Å². The number of fused-ring (bicyclic) bond motifs is 2. The molecule has 1 N–H and O–H groups in total. The van der Waals surface area contributed by atoms with E-state index in [1.165, 1.54) is 14.2 Å². The number of aromatic nitrogens is 5. The maximum absolute atomic E-state index is 13.0. The molecule has 0 spiro atoms. The lowest BCUT2D eigenvalue weighted by Crippen LogP contribution is -2.30. The van der Waals surface area contributed by atoms with Gasteiger partial charge in [-0.3, -0.25) is 19.1 Å². The molecule has 4 aromatic rings. The van der Waals surface area contributed by atoms with Crippen LogP contribution in [0.5, 0.6) is 0 Å². The molecule has 0 bridgehead atoms. The molecule has 1 aromatic carbocycles. The Hall–Kier alpha value is -3.67. The zero-order valence-corrected chi connectivity index (χ0v) is 25.7. The van der Waals surface area contributed by atoms with Crippen LogP contribution in [-0.2, 0) is 54.5 Å². The number of rotatable bonds is 9. The number of nitrogens with zero attached hydrogens (tertiary/aromatic N) is 6. The van der Waals surface area contributed by atoms with Gasteiger partial charge in [-0.15, -0.1) is 0 Å². The molecule has 0 amide bonds. The normalized spacial score (nSPS) is 14.9. The molecule has 0 radical (unpaired) electrons. The summed E-state index contributed by atoms with van der Waals surface area (Å²) in [4.78, 5) is 27.4. The van der Waals surface area contributed by atoms with Crippen molar-refractivity contribution in [3.05, 3.63) is 57.3 Å². The van der Waals surface area contributed by atoms with Crippen molar-refractivity contribution < 1.29 is 24.2 Å². The summed E-state index contributed by atoms with van der Waals surface area (Å²) in [5, 5.41) is 20.5. The van der Waals surface area contributed by atoms with Crippen molar-refractivity contribution in [3.8, 4) is 11.1 Å². The van der Waals surface area contributed by atoms with E-state index in [1.807, 2.05) is 43.8 Å². The molecule has 1 aliphatic heterocycles. The van der Waals surface area contributed by atoms with Crippen LogP contribution in [-0.4, -0.2) is 67.3 Å². The Kier molecular flexibility index (Phi) is 8.45. The van der Waals surface area contributed by atoms with Crippen LogP contribution in [0, 0.1) is 6.92 Å². The highest BCUT2D eigenvalue weighted by molar-refractivity contribution is 6.35. The van der Waals surface area contributed by atoms with Gasteiger partial charge in [-0.25, -0.2) is 4.79 Å². The Morgan fingerprint density at radius 2 is 1.93 bits per heavy atom. The van der Waals surface area contributed by atoms with Gasteiger partial charge in [0.25, 0.3) is 0 Å². The number of hydrogen-bond donors (Lipinski definition) is 1. The van der Waals surface area contributed by atoms with Gasteiger partial charge in [0.1, 0.15) is 5.69 Å². The Balaban J connectivity index is 1.68. The monoisotopic (exact) mass is 596 g/mol. The predicted molar refractivity (Wildman–Crippen MR) is 158 cm³/mol. The molecule has 0 unspecified atom stereocenters. The maximum atomic E-state index is 13.0. The van der Waals surface area contributed by atoms with Gasteiger partial charge in [0.05, 0.1) is 60.2 Å². The number of benzene rings is 1. The topological polar surface area (TPSA) is 117 Å². The van der Waals surface area contributed by atoms with E-state index in [0.717, 1.165) is 64.2 Å². The fraction of sp³-hybridized carbons (Fsp3) is 0.467. The lowest BCUT2D eigenvalue weighted by atomic mass is 9.92. The highest BCUT2D eigenvalue weighted by Crippen LogP contribution is 2.46. The molecule has 224 valence electrons. The van der Waals surface area contributed by atoms with Crippen LogP contribution in [0.3, 0.4) is 0 Å². The number of ether oxygens (including phenoxy) is 2. The minimum Gasteiger partial charge on any atom is -0.469 e. The molecule has 0 aliphatic carbocycles. The van der Waals surface area contributed by atoms with Gasteiger partial charge < -0.3 is 19.1 Å². The largest absolute Gasteiger partial charge is 0.469 e. The number of halogens is 1. The van der Waals surface area contributed by atoms with E-state index < -0.39 is 5.97 Å². The molecule has 0 saturated heterocycles. The first-order valence-electron chi connectivity index (χ1n) is 14.0. The predicted octanol–water partition coefficient (Wildman–Crippen LogP) is 4.09. The molecule has 0 fully saturated rings. The van der Waals surface area contributed by atoms with Crippen LogP contribution < -0.4 is 0 Å². The van der Waals surface area contributed by atoms with Crippen molar-refractivity contribution in [2.24, 2.45) is 14.1 Å². The second-order valence-corrected chi connectivity index (χ2v) is 11.2. The highest BCUT2D eigenvalue weighted by Gasteiger charge is 2.34. The van der Waals surface area contributed by atoms with Gasteiger partial charge >= 0.3 is 11.9 Å². The third-order valence-corrected chi connectivity index (χ3v) is 8.62. The number of hydrogen-bond acceptors (Lipinski definition) is 8. The van der Waals surface area contributed by atoms with Crippen molar-refractivity contribution in [1.82, 2.24) is 29.0 Å². The van der Waals surface area contributed by atoms with Gasteiger partial charge in [0, 0.05) is 50.1 Å². The first-order valence-corrected chi connectivity index (χ1v) is 14.3. The zero-order valence-electron chi connectivity index (χ0n) is 24.9.